The number of aryl methyl sites for hydroxylation is 2. The van der Waals surface area contributed by atoms with Gasteiger partial charge >= 0.3 is 0 Å². The van der Waals surface area contributed by atoms with Crippen LogP contribution >= 0.6 is 0 Å². The fourth-order valence-electron chi connectivity index (χ4n) is 4.72. The predicted octanol–water partition coefficient (Wildman–Crippen LogP) is 4.44. The van der Waals surface area contributed by atoms with Gasteiger partial charge in [0.15, 0.2) is 0 Å². The van der Waals surface area contributed by atoms with Gasteiger partial charge in [0.1, 0.15) is 6.04 Å². The molecule has 1 aromatic heterocycles. The maximum atomic E-state index is 13.2. The van der Waals surface area contributed by atoms with E-state index in [1.165, 1.54) is 12.1 Å². The molecule has 1 saturated heterocycles. The maximum Gasteiger partial charge on any atom is 0.267 e. The van der Waals surface area contributed by atoms with Crippen LogP contribution in [0.25, 0.3) is 21.8 Å². The lowest BCUT2D eigenvalue weighted by atomic mass is 10.1. The molecule has 0 aliphatic carbocycles. The van der Waals surface area contributed by atoms with Crippen LogP contribution in [-0.4, -0.2) is 35.1 Å². The van der Waals surface area contributed by atoms with E-state index in [0.717, 1.165) is 38.2 Å². The average molecular weight is 476 g/mol. The molecule has 0 saturated carbocycles. The van der Waals surface area contributed by atoms with Crippen molar-refractivity contribution in [2.75, 3.05) is 5.32 Å². The molecule has 5 rings (SSSR count). The predicted molar refractivity (Wildman–Crippen MR) is 132 cm³/mol. The molecule has 1 aliphatic heterocycles. The number of amides is 2. The van der Waals surface area contributed by atoms with Crippen LogP contribution in [0.3, 0.4) is 0 Å². The van der Waals surface area contributed by atoms with E-state index in [0.29, 0.717) is 5.69 Å². The van der Waals surface area contributed by atoms with Crippen LogP contribution in [-0.2, 0) is 26.2 Å². The largest absolute Gasteiger partial charge is 0.341 e. The molecule has 3 aromatic carbocycles. The van der Waals surface area contributed by atoms with Gasteiger partial charge in [-0.3, -0.25) is 9.59 Å². The first-order valence-corrected chi connectivity index (χ1v) is 12.7. The van der Waals surface area contributed by atoms with Crippen molar-refractivity contribution in [1.29, 1.82) is 0 Å². The van der Waals surface area contributed by atoms with Crippen molar-refractivity contribution in [2.24, 2.45) is 0 Å². The second-order valence-electron chi connectivity index (χ2n) is 8.54. The number of para-hydroxylation sites is 1. The van der Waals surface area contributed by atoms with Gasteiger partial charge in [-0.1, -0.05) is 35.9 Å². The Balaban J connectivity index is 1.47. The van der Waals surface area contributed by atoms with Crippen LogP contribution in [0, 0.1) is 6.92 Å². The van der Waals surface area contributed by atoms with Gasteiger partial charge in [0.25, 0.3) is 10.0 Å². The normalized spacial score (nSPS) is 16.5. The first-order valence-electron chi connectivity index (χ1n) is 11.3. The number of carbonyl (C=O) groups is 2. The van der Waals surface area contributed by atoms with Crippen molar-refractivity contribution >= 4 is 49.3 Å². The molecule has 4 aromatic rings. The maximum absolute atomic E-state index is 13.2. The number of rotatable bonds is 5. The monoisotopic (exact) mass is 475 g/mol. The third-order valence-electron chi connectivity index (χ3n) is 6.40. The molecule has 1 N–H and O–H groups in total. The average Bonchev–Trinajstić information content (AvgIpc) is 3.37. The van der Waals surface area contributed by atoms with E-state index in [1.807, 2.05) is 37.3 Å². The Labute approximate surface area is 198 Å². The number of anilines is 1. The summed E-state index contributed by atoms with van der Waals surface area (Å²) in [4.78, 5) is 25.7. The molecule has 0 radical (unpaired) electrons. The second kappa shape index (κ2) is 8.29. The van der Waals surface area contributed by atoms with E-state index in [9.17, 15) is 18.0 Å². The summed E-state index contributed by atoms with van der Waals surface area (Å²) >= 11 is 0. The van der Waals surface area contributed by atoms with Crippen molar-refractivity contribution in [1.82, 2.24) is 8.87 Å². The van der Waals surface area contributed by atoms with Crippen LogP contribution in [0.2, 0.25) is 0 Å². The van der Waals surface area contributed by atoms with Gasteiger partial charge in [0.2, 0.25) is 11.8 Å². The minimum absolute atomic E-state index is 0.0000511. The van der Waals surface area contributed by atoms with Gasteiger partial charge in [-0.05, 0) is 56.7 Å². The Kier molecular flexibility index (Phi) is 5.40. The number of nitrogens with zero attached hydrogens (tertiary/aromatic N) is 2. The number of benzene rings is 3. The fourth-order valence-corrected chi connectivity index (χ4v) is 6.32. The highest BCUT2D eigenvalue weighted by Crippen LogP contribution is 2.32. The van der Waals surface area contributed by atoms with E-state index in [-0.39, 0.29) is 17.7 Å². The van der Waals surface area contributed by atoms with E-state index < -0.39 is 27.9 Å². The number of sulfonamides is 1. The lowest BCUT2D eigenvalue weighted by Gasteiger charge is -2.23. The summed E-state index contributed by atoms with van der Waals surface area (Å²) in [6, 6.07) is 18.9. The summed E-state index contributed by atoms with van der Waals surface area (Å²) in [6.07, 6.45) is 0.152. The highest BCUT2D eigenvalue weighted by molar-refractivity contribution is 7.89. The van der Waals surface area contributed by atoms with Crippen LogP contribution in [0.4, 0.5) is 5.69 Å². The molecule has 2 heterocycles. The van der Waals surface area contributed by atoms with Gasteiger partial charge < -0.3 is 9.88 Å². The molecular formula is C26H25N3O4S. The number of aromatic nitrogens is 1. The molecule has 8 heteroatoms. The lowest BCUT2D eigenvalue weighted by Crippen LogP contribution is -2.45. The van der Waals surface area contributed by atoms with Crippen molar-refractivity contribution < 1.29 is 18.0 Å². The van der Waals surface area contributed by atoms with E-state index in [4.69, 9.17) is 0 Å². The van der Waals surface area contributed by atoms with Crippen molar-refractivity contribution in [2.45, 2.75) is 44.2 Å². The van der Waals surface area contributed by atoms with E-state index >= 15 is 0 Å². The molecule has 1 fully saturated rings. The Morgan fingerprint density at radius 2 is 1.71 bits per heavy atom. The Morgan fingerprint density at radius 3 is 2.44 bits per heavy atom. The summed E-state index contributed by atoms with van der Waals surface area (Å²) < 4.78 is 29.4. The zero-order valence-corrected chi connectivity index (χ0v) is 19.8. The molecule has 1 atom stereocenters. The minimum Gasteiger partial charge on any atom is -0.341 e. The van der Waals surface area contributed by atoms with Crippen molar-refractivity contribution in [3.05, 3.63) is 72.3 Å². The zero-order chi connectivity index (χ0) is 24.0. The topological polar surface area (TPSA) is 88.5 Å². The lowest BCUT2D eigenvalue weighted by molar-refractivity contribution is -0.128. The zero-order valence-electron chi connectivity index (χ0n) is 19.0. The Morgan fingerprint density at radius 1 is 1.00 bits per heavy atom. The van der Waals surface area contributed by atoms with Gasteiger partial charge in [-0.15, -0.1) is 0 Å². The number of nitrogens with one attached hydrogen (secondary N) is 1. The second-order valence-corrected chi connectivity index (χ2v) is 10.4. The minimum atomic E-state index is -4.14. The van der Waals surface area contributed by atoms with Crippen LogP contribution in [0.15, 0.2) is 71.6 Å². The molecule has 0 bridgehead atoms. The van der Waals surface area contributed by atoms with Crippen LogP contribution in [0.5, 0.6) is 0 Å². The van der Waals surface area contributed by atoms with Crippen LogP contribution < -0.4 is 5.32 Å². The molecular weight excluding hydrogens is 450 g/mol. The number of hydrogen-bond donors (Lipinski definition) is 1. The first-order chi connectivity index (χ1) is 16.3. The molecule has 2 amide bonds. The van der Waals surface area contributed by atoms with Crippen molar-refractivity contribution in [3.63, 3.8) is 0 Å². The Bertz CT molecular complexity index is 1540. The standard InChI is InChI=1S/C26H25N3O4S/c1-3-28-22-7-5-4-6-20(22)21-16-18(10-13-23(21)28)27-26(31)24-14-15-25(30)29(24)34(32,33)19-11-8-17(2)9-12-19/h4-13,16,24H,3,14-15H2,1-2H3,(H,27,31)/t24-/m0/s1. The van der Waals surface area contributed by atoms with Crippen molar-refractivity contribution in [3.8, 4) is 0 Å². The molecule has 7 nitrogen and oxygen atoms in total. The summed E-state index contributed by atoms with van der Waals surface area (Å²) in [5.41, 5.74) is 3.63. The van der Waals surface area contributed by atoms with Crippen LogP contribution in [0.1, 0.15) is 25.3 Å². The highest BCUT2D eigenvalue weighted by Gasteiger charge is 2.44. The smallest absolute Gasteiger partial charge is 0.267 e. The van der Waals surface area contributed by atoms with E-state index in [1.54, 1.807) is 18.2 Å². The summed E-state index contributed by atoms with van der Waals surface area (Å²) in [7, 11) is -4.14. The Hall–Kier alpha value is -3.65. The SMILES string of the molecule is CCn1c2ccccc2c2cc(NC(=O)[C@@H]3CCC(=O)N3S(=O)(=O)c3ccc(C)cc3)ccc21. The molecule has 0 spiro atoms. The third-order valence-corrected chi connectivity index (χ3v) is 8.24. The molecule has 174 valence electrons. The number of fused-ring (bicyclic) bond motifs is 3. The molecule has 0 unspecified atom stereocenters. The van der Waals surface area contributed by atoms with E-state index in [2.05, 4.69) is 22.9 Å². The number of carbonyl (C=O) groups excluding carboxylic acids is 2. The summed E-state index contributed by atoms with van der Waals surface area (Å²) in [5, 5.41) is 4.93. The number of hydrogen-bond acceptors (Lipinski definition) is 4. The highest BCUT2D eigenvalue weighted by atomic mass is 32.2. The first kappa shape index (κ1) is 22.2. The van der Waals surface area contributed by atoms with Gasteiger partial charge in [-0.25, -0.2) is 12.7 Å². The quantitative estimate of drug-likeness (QED) is 0.462. The molecule has 34 heavy (non-hydrogen) atoms. The van der Waals surface area contributed by atoms with Gasteiger partial charge in [-0.2, -0.15) is 0 Å². The fraction of sp³-hybridized carbons (Fsp3) is 0.231. The summed E-state index contributed by atoms with van der Waals surface area (Å²) in [6.45, 7) is 4.75. The van der Waals surface area contributed by atoms with Gasteiger partial charge in [0, 0.05) is 40.5 Å². The summed E-state index contributed by atoms with van der Waals surface area (Å²) in [5.74, 6) is -1.08. The van der Waals surface area contributed by atoms with Gasteiger partial charge in [0.05, 0.1) is 4.90 Å². The molecule has 1 aliphatic rings. The third kappa shape index (κ3) is 3.54.